The molecule has 29 heavy (non-hydrogen) atoms. The molecule has 8 heteroatoms. The van der Waals surface area contributed by atoms with Gasteiger partial charge in [0.15, 0.2) is 6.10 Å². The molecule has 3 aromatic rings. The highest BCUT2D eigenvalue weighted by molar-refractivity contribution is 6.30. The van der Waals surface area contributed by atoms with Crippen molar-refractivity contribution in [3.05, 3.63) is 76.2 Å². The maximum atomic E-state index is 13.8. The average molecular weight is 419 g/mol. The van der Waals surface area contributed by atoms with E-state index >= 15 is 0 Å². The number of carbonyl (C=O) groups is 2. The Hall–Kier alpha value is -3.06. The average Bonchev–Trinajstić information content (AvgIpc) is 3.27. The summed E-state index contributed by atoms with van der Waals surface area (Å²) in [6.07, 6.45) is 0.466. The molecule has 2 heterocycles. The van der Waals surface area contributed by atoms with Crippen LogP contribution in [0.1, 0.15) is 34.4 Å². The molecule has 0 aliphatic carbocycles. The lowest BCUT2D eigenvalue weighted by Crippen LogP contribution is -2.30. The zero-order chi connectivity index (χ0) is 21.1. The summed E-state index contributed by atoms with van der Waals surface area (Å²) in [5.74, 6) is -1.21. The number of halogens is 2. The SMILES string of the molecule is Cc1cc(C(=O)O[C@H](C)C(=O)Nc2ccc(Cl)cc2F)c(C)n1Cc1ccco1. The number of hydrogen-bond acceptors (Lipinski definition) is 4. The molecule has 152 valence electrons. The van der Waals surface area contributed by atoms with Gasteiger partial charge in [-0.15, -0.1) is 0 Å². The zero-order valence-electron chi connectivity index (χ0n) is 16.2. The van der Waals surface area contributed by atoms with Crippen LogP contribution in [0, 0.1) is 19.7 Å². The lowest BCUT2D eigenvalue weighted by molar-refractivity contribution is -0.123. The largest absolute Gasteiger partial charge is 0.467 e. The molecule has 1 atom stereocenters. The molecule has 2 aromatic heterocycles. The topological polar surface area (TPSA) is 73.5 Å². The highest BCUT2D eigenvalue weighted by Crippen LogP contribution is 2.21. The third kappa shape index (κ3) is 4.68. The first-order valence-corrected chi connectivity index (χ1v) is 9.30. The molecule has 1 aromatic carbocycles. The van der Waals surface area contributed by atoms with Gasteiger partial charge < -0.3 is 19.0 Å². The lowest BCUT2D eigenvalue weighted by atomic mass is 10.2. The Balaban J connectivity index is 1.68. The molecule has 1 amide bonds. The van der Waals surface area contributed by atoms with Gasteiger partial charge in [0.25, 0.3) is 5.91 Å². The van der Waals surface area contributed by atoms with E-state index in [1.54, 1.807) is 25.3 Å². The Morgan fingerprint density at radius 1 is 1.28 bits per heavy atom. The molecule has 0 aliphatic rings. The molecule has 3 rings (SSSR count). The van der Waals surface area contributed by atoms with Gasteiger partial charge in [-0.05, 0) is 57.2 Å². The van der Waals surface area contributed by atoms with Crippen LogP contribution in [0.4, 0.5) is 10.1 Å². The Kier molecular flexibility index (Phi) is 6.08. The Labute approximate surface area is 172 Å². The second-order valence-corrected chi connectivity index (χ2v) is 7.05. The van der Waals surface area contributed by atoms with Gasteiger partial charge in [0, 0.05) is 16.4 Å². The van der Waals surface area contributed by atoms with Gasteiger partial charge in [-0.1, -0.05) is 11.6 Å². The number of ether oxygens (including phenoxy) is 1. The molecule has 0 spiro atoms. The van der Waals surface area contributed by atoms with E-state index < -0.39 is 23.8 Å². The fraction of sp³-hybridized carbons (Fsp3) is 0.238. The third-order valence-electron chi connectivity index (χ3n) is 4.53. The van der Waals surface area contributed by atoms with E-state index in [9.17, 15) is 14.0 Å². The fourth-order valence-corrected chi connectivity index (χ4v) is 3.07. The zero-order valence-corrected chi connectivity index (χ0v) is 16.9. The number of esters is 1. The van der Waals surface area contributed by atoms with E-state index in [2.05, 4.69) is 5.32 Å². The van der Waals surface area contributed by atoms with Gasteiger partial charge in [-0.3, -0.25) is 4.79 Å². The van der Waals surface area contributed by atoms with Crippen molar-refractivity contribution >= 4 is 29.2 Å². The van der Waals surface area contributed by atoms with Gasteiger partial charge in [-0.2, -0.15) is 0 Å². The minimum Gasteiger partial charge on any atom is -0.467 e. The van der Waals surface area contributed by atoms with Crippen LogP contribution in [-0.2, 0) is 16.1 Å². The number of rotatable bonds is 6. The van der Waals surface area contributed by atoms with Gasteiger partial charge in [0.05, 0.1) is 24.1 Å². The van der Waals surface area contributed by atoms with E-state index in [1.807, 2.05) is 17.6 Å². The standard InChI is InChI=1S/C21H20ClFN2O4/c1-12-9-17(13(2)25(12)11-16-5-4-8-28-16)21(27)29-14(3)20(26)24-19-7-6-15(22)10-18(19)23/h4-10,14H,11H2,1-3H3,(H,24,26)/t14-/m1/s1. The minimum absolute atomic E-state index is 0.0427. The summed E-state index contributed by atoms with van der Waals surface area (Å²) in [7, 11) is 0. The number of aryl methyl sites for hydroxylation is 1. The van der Waals surface area contributed by atoms with Crippen LogP contribution in [-0.4, -0.2) is 22.5 Å². The van der Waals surface area contributed by atoms with Crippen molar-refractivity contribution in [2.75, 3.05) is 5.32 Å². The van der Waals surface area contributed by atoms with Crippen molar-refractivity contribution in [2.45, 2.75) is 33.4 Å². The van der Waals surface area contributed by atoms with Crippen LogP contribution in [0.3, 0.4) is 0 Å². The van der Waals surface area contributed by atoms with Crippen LogP contribution in [0.2, 0.25) is 5.02 Å². The maximum absolute atomic E-state index is 13.8. The highest BCUT2D eigenvalue weighted by atomic mass is 35.5. The molecule has 0 bridgehead atoms. The van der Waals surface area contributed by atoms with Crippen molar-refractivity contribution in [3.63, 3.8) is 0 Å². The Bertz CT molecular complexity index is 1040. The normalized spacial score (nSPS) is 11.9. The molecule has 0 radical (unpaired) electrons. The Morgan fingerprint density at radius 2 is 2.03 bits per heavy atom. The Morgan fingerprint density at radius 3 is 2.69 bits per heavy atom. The molecule has 0 aliphatic heterocycles. The predicted octanol–water partition coefficient (Wildman–Crippen LogP) is 4.72. The molecule has 0 saturated carbocycles. The monoisotopic (exact) mass is 418 g/mol. The number of nitrogens with one attached hydrogen (secondary N) is 1. The number of carbonyl (C=O) groups excluding carboxylic acids is 2. The van der Waals surface area contributed by atoms with E-state index in [0.29, 0.717) is 17.8 Å². The third-order valence-corrected chi connectivity index (χ3v) is 4.76. The van der Waals surface area contributed by atoms with E-state index in [1.165, 1.54) is 19.1 Å². The summed E-state index contributed by atoms with van der Waals surface area (Å²) in [5.41, 5.74) is 1.86. The smallest absolute Gasteiger partial charge is 0.340 e. The van der Waals surface area contributed by atoms with Crippen molar-refractivity contribution < 1.29 is 23.1 Å². The van der Waals surface area contributed by atoms with Crippen LogP contribution in [0.15, 0.2) is 47.1 Å². The molecular weight excluding hydrogens is 399 g/mol. The number of aromatic nitrogens is 1. The van der Waals surface area contributed by atoms with Crippen molar-refractivity contribution in [1.82, 2.24) is 4.57 Å². The summed E-state index contributed by atoms with van der Waals surface area (Å²) in [6, 6.07) is 9.21. The van der Waals surface area contributed by atoms with Crippen LogP contribution >= 0.6 is 11.6 Å². The van der Waals surface area contributed by atoms with Crippen molar-refractivity contribution in [1.29, 1.82) is 0 Å². The summed E-state index contributed by atoms with van der Waals surface area (Å²) in [5, 5.41) is 2.60. The molecular formula is C21H20ClFN2O4. The van der Waals surface area contributed by atoms with Gasteiger partial charge in [0.1, 0.15) is 11.6 Å². The number of benzene rings is 1. The molecule has 1 N–H and O–H groups in total. The highest BCUT2D eigenvalue weighted by Gasteiger charge is 2.23. The van der Waals surface area contributed by atoms with E-state index in [0.717, 1.165) is 17.5 Å². The predicted molar refractivity (Wildman–Crippen MR) is 107 cm³/mol. The number of furan rings is 1. The summed E-state index contributed by atoms with van der Waals surface area (Å²) >= 11 is 5.70. The fourth-order valence-electron chi connectivity index (χ4n) is 2.91. The van der Waals surface area contributed by atoms with E-state index in [-0.39, 0.29) is 10.7 Å². The van der Waals surface area contributed by atoms with Crippen molar-refractivity contribution in [3.8, 4) is 0 Å². The van der Waals surface area contributed by atoms with E-state index in [4.69, 9.17) is 20.8 Å². The second-order valence-electron chi connectivity index (χ2n) is 6.61. The maximum Gasteiger partial charge on any atom is 0.340 e. The van der Waals surface area contributed by atoms with Crippen LogP contribution < -0.4 is 5.32 Å². The van der Waals surface area contributed by atoms with Crippen molar-refractivity contribution in [2.24, 2.45) is 0 Å². The van der Waals surface area contributed by atoms with Crippen LogP contribution in [0.5, 0.6) is 0 Å². The first kappa shape index (κ1) is 20.7. The second kappa shape index (κ2) is 8.53. The number of hydrogen-bond donors (Lipinski definition) is 1. The first-order valence-electron chi connectivity index (χ1n) is 8.92. The lowest BCUT2D eigenvalue weighted by Gasteiger charge is -2.14. The quantitative estimate of drug-likeness (QED) is 0.588. The number of nitrogens with zero attached hydrogens (tertiary/aromatic N) is 1. The molecule has 6 nitrogen and oxygen atoms in total. The summed E-state index contributed by atoms with van der Waals surface area (Å²) in [6.45, 7) is 5.56. The molecule has 0 fully saturated rings. The number of anilines is 1. The molecule has 0 saturated heterocycles. The molecule has 0 unspecified atom stereocenters. The van der Waals surface area contributed by atoms with Gasteiger partial charge >= 0.3 is 5.97 Å². The first-order chi connectivity index (χ1) is 13.8. The van der Waals surface area contributed by atoms with Crippen LogP contribution in [0.25, 0.3) is 0 Å². The summed E-state index contributed by atoms with van der Waals surface area (Å²) in [4.78, 5) is 24.9. The van der Waals surface area contributed by atoms with Gasteiger partial charge in [-0.25, -0.2) is 9.18 Å². The number of amides is 1. The van der Waals surface area contributed by atoms with Gasteiger partial charge in [0.2, 0.25) is 0 Å². The minimum atomic E-state index is -1.12. The summed E-state index contributed by atoms with van der Waals surface area (Å²) < 4.78 is 26.4.